The number of alkyl halides is 3. The monoisotopic (exact) mass is 268 g/mol. The van der Waals surface area contributed by atoms with Crippen LogP contribution < -0.4 is 5.73 Å². The first-order valence-corrected chi connectivity index (χ1v) is 6.87. The molecule has 0 saturated carbocycles. The molecule has 0 atom stereocenters. The summed E-state index contributed by atoms with van der Waals surface area (Å²) in [7, 11) is 0. The SMILES string of the molecule is CCCN(CCCC(F)(F)F)C(CC)(CC)CN. The topological polar surface area (TPSA) is 29.3 Å². The second-order valence-electron chi connectivity index (χ2n) is 4.84. The average Bonchev–Trinajstić information content (AvgIpc) is 2.30. The van der Waals surface area contributed by atoms with E-state index in [4.69, 9.17) is 5.73 Å². The Labute approximate surface area is 109 Å². The average molecular weight is 268 g/mol. The van der Waals surface area contributed by atoms with Gasteiger partial charge in [-0.2, -0.15) is 13.2 Å². The molecule has 0 aliphatic carbocycles. The predicted octanol–water partition coefficient (Wildman–Crippen LogP) is 3.56. The van der Waals surface area contributed by atoms with E-state index in [1.807, 2.05) is 6.92 Å². The number of nitrogens with two attached hydrogens (primary N) is 1. The van der Waals surface area contributed by atoms with Gasteiger partial charge in [0.05, 0.1) is 0 Å². The summed E-state index contributed by atoms with van der Waals surface area (Å²) in [6, 6.07) is 0. The van der Waals surface area contributed by atoms with Gasteiger partial charge in [-0.15, -0.1) is 0 Å². The molecule has 0 spiro atoms. The highest BCUT2D eigenvalue weighted by atomic mass is 19.4. The molecule has 0 fully saturated rings. The van der Waals surface area contributed by atoms with Crippen LogP contribution in [0.25, 0.3) is 0 Å². The number of nitrogens with zero attached hydrogens (tertiary/aromatic N) is 1. The van der Waals surface area contributed by atoms with Crippen LogP contribution >= 0.6 is 0 Å². The van der Waals surface area contributed by atoms with E-state index in [0.717, 1.165) is 25.8 Å². The van der Waals surface area contributed by atoms with Crippen molar-refractivity contribution in [3.05, 3.63) is 0 Å². The molecule has 18 heavy (non-hydrogen) atoms. The van der Waals surface area contributed by atoms with Crippen LogP contribution in [0, 0.1) is 0 Å². The van der Waals surface area contributed by atoms with Crippen LogP contribution in [-0.2, 0) is 0 Å². The Morgan fingerprint density at radius 3 is 1.89 bits per heavy atom. The Kier molecular flexibility index (Phi) is 7.87. The molecule has 0 aliphatic heterocycles. The standard InChI is InChI=1S/C13H27F3N2/c1-4-9-18(10-7-8-13(14,15)16)12(5-2,6-3)11-17/h4-11,17H2,1-3H3. The van der Waals surface area contributed by atoms with Crippen LogP contribution in [0.5, 0.6) is 0 Å². The summed E-state index contributed by atoms with van der Waals surface area (Å²) in [5.74, 6) is 0. The number of hydrogen-bond acceptors (Lipinski definition) is 2. The van der Waals surface area contributed by atoms with E-state index in [2.05, 4.69) is 18.7 Å². The van der Waals surface area contributed by atoms with Crippen molar-refractivity contribution in [2.45, 2.75) is 64.6 Å². The van der Waals surface area contributed by atoms with Gasteiger partial charge < -0.3 is 5.73 Å². The lowest BCUT2D eigenvalue weighted by Crippen LogP contribution is -2.53. The molecule has 0 amide bonds. The van der Waals surface area contributed by atoms with Crippen molar-refractivity contribution < 1.29 is 13.2 Å². The smallest absolute Gasteiger partial charge is 0.329 e. The molecule has 0 aromatic rings. The van der Waals surface area contributed by atoms with Crippen LogP contribution in [0.15, 0.2) is 0 Å². The number of rotatable bonds is 9. The maximum atomic E-state index is 12.2. The van der Waals surface area contributed by atoms with E-state index in [-0.39, 0.29) is 12.0 Å². The molecular formula is C13H27F3N2. The van der Waals surface area contributed by atoms with Crippen LogP contribution in [0.4, 0.5) is 13.2 Å². The highest BCUT2D eigenvalue weighted by Gasteiger charge is 2.32. The molecule has 2 nitrogen and oxygen atoms in total. The summed E-state index contributed by atoms with van der Waals surface area (Å²) in [5, 5.41) is 0. The van der Waals surface area contributed by atoms with E-state index < -0.39 is 12.6 Å². The lowest BCUT2D eigenvalue weighted by Gasteiger charge is -2.42. The third kappa shape index (κ3) is 5.57. The van der Waals surface area contributed by atoms with Crippen molar-refractivity contribution >= 4 is 0 Å². The van der Waals surface area contributed by atoms with Gasteiger partial charge in [0, 0.05) is 18.5 Å². The molecule has 0 aliphatic rings. The minimum Gasteiger partial charge on any atom is -0.329 e. The molecule has 5 heteroatoms. The van der Waals surface area contributed by atoms with Crippen molar-refractivity contribution in [1.82, 2.24) is 4.90 Å². The zero-order valence-electron chi connectivity index (χ0n) is 11.8. The summed E-state index contributed by atoms with van der Waals surface area (Å²) >= 11 is 0. The Morgan fingerprint density at radius 2 is 1.56 bits per heavy atom. The third-order valence-electron chi connectivity index (χ3n) is 3.75. The van der Waals surface area contributed by atoms with Crippen molar-refractivity contribution in [1.29, 1.82) is 0 Å². The third-order valence-corrected chi connectivity index (χ3v) is 3.75. The fourth-order valence-electron chi connectivity index (χ4n) is 2.44. The lowest BCUT2D eigenvalue weighted by atomic mass is 9.90. The van der Waals surface area contributed by atoms with Crippen molar-refractivity contribution in [2.75, 3.05) is 19.6 Å². The van der Waals surface area contributed by atoms with Crippen molar-refractivity contribution in [3.63, 3.8) is 0 Å². The van der Waals surface area contributed by atoms with E-state index in [9.17, 15) is 13.2 Å². The molecule has 0 rings (SSSR count). The first kappa shape index (κ1) is 17.7. The van der Waals surface area contributed by atoms with E-state index >= 15 is 0 Å². The largest absolute Gasteiger partial charge is 0.389 e. The molecule has 0 unspecified atom stereocenters. The minimum absolute atomic E-state index is 0.137. The highest BCUT2D eigenvalue weighted by molar-refractivity contribution is 4.89. The predicted molar refractivity (Wildman–Crippen MR) is 69.5 cm³/mol. The van der Waals surface area contributed by atoms with Crippen molar-refractivity contribution in [3.8, 4) is 0 Å². The number of hydrogen-bond donors (Lipinski definition) is 1. The Hall–Kier alpha value is -0.290. The second-order valence-corrected chi connectivity index (χ2v) is 4.84. The molecular weight excluding hydrogens is 241 g/mol. The second kappa shape index (κ2) is 8.00. The summed E-state index contributed by atoms with van der Waals surface area (Å²) in [6.07, 6.45) is -1.90. The molecule has 110 valence electrons. The summed E-state index contributed by atoms with van der Waals surface area (Å²) < 4.78 is 36.6. The molecule has 0 aromatic heterocycles. The van der Waals surface area contributed by atoms with Gasteiger partial charge in [-0.1, -0.05) is 20.8 Å². The molecule has 0 radical (unpaired) electrons. The summed E-state index contributed by atoms with van der Waals surface area (Å²) in [4.78, 5) is 2.15. The molecule has 0 bridgehead atoms. The molecule has 0 saturated heterocycles. The quantitative estimate of drug-likeness (QED) is 0.693. The zero-order chi connectivity index (χ0) is 14.2. The van der Waals surface area contributed by atoms with Crippen molar-refractivity contribution in [2.24, 2.45) is 5.73 Å². The highest BCUT2D eigenvalue weighted by Crippen LogP contribution is 2.26. The van der Waals surface area contributed by atoms with Gasteiger partial charge in [0.15, 0.2) is 0 Å². The van der Waals surface area contributed by atoms with E-state index in [0.29, 0.717) is 13.1 Å². The van der Waals surface area contributed by atoms with Gasteiger partial charge in [0.2, 0.25) is 0 Å². The fourth-order valence-corrected chi connectivity index (χ4v) is 2.44. The van der Waals surface area contributed by atoms with E-state index in [1.54, 1.807) is 0 Å². The van der Waals surface area contributed by atoms with Gasteiger partial charge in [0.25, 0.3) is 0 Å². The molecule has 2 N–H and O–H groups in total. The molecule has 0 aromatic carbocycles. The van der Waals surface area contributed by atoms with Gasteiger partial charge in [-0.05, 0) is 38.8 Å². The first-order chi connectivity index (χ1) is 8.35. The van der Waals surface area contributed by atoms with Gasteiger partial charge >= 0.3 is 6.18 Å². The number of halogens is 3. The fraction of sp³-hybridized carbons (Fsp3) is 1.00. The Balaban J connectivity index is 4.53. The van der Waals surface area contributed by atoms with E-state index in [1.165, 1.54) is 0 Å². The Bertz CT molecular complexity index is 205. The summed E-state index contributed by atoms with van der Waals surface area (Å²) in [6.45, 7) is 7.96. The normalized spacial score (nSPS) is 13.3. The van der Waals surface area contributed by atoms with Crippen LogP contribution in [0.3, 0.4) is 0 Å². The lowest BCUT2D eigenvalue weighted by molar-refractivity contribution is -0.137. The van der Waals surface area contributed by atoms with Crippen LogP contribution in [0.1, 0.15) is 52.9 Å². The summed E-state index contributed by atoms with van der Waals surface area (Å²) in [5.41, 5.74) is 5.72. The van der Waals surface area contributed by atoms with Gasteiger partial charge in [-0.25, -0.2) is 0 Å². The Morgan fingerprint density at radius 1 is 1.00 bits per heavy atom. The first-order valence-electron chi connectivity index (χ1n) is 6.87. The van der Waals surface area contributed by atoms with Crippen LogP contribution in [0.2, 0.25) is 0 Å². The minimum atomic E-state index is -4.05. The maximum Gasteiger partial charge on any atom is 0.389 e. The van der Waals surface area contributed by atoms with Gasteiger partial charge in [0.1, 0.15) is 0 Å². The van der Waals surface area contributed by atoms with Gasteiger partial charge in [-0.3, -0.25) is 4.90 Å². The zero-order valence-corrected chi connectivity index (χ0v) is 11.8. The van der Waals surface area contributed by atoms with Crippen LogP contribution in [-0.4, -0.2) is 36.2 Å². The molecule has 0 heterocycles. The maximum absolute atomic E-state index is 12.2.